The highest BCUT2D eigenvalue weighted by Crippen LogP contribution is 2.22. The molecule has 0 radical (unpaired) electrons. The van der Waals surface area contributed by atoms with E-state index in [1.165, 1.54) is 38.5 Å². The average molecular weight is 238 g/mol. The van der Waals surface area contributed by atoms with E-state index in [1.54, 1.807) is 0 Å². The quantitative estimate of drug-likeness (QED) is 0.817. The molecule has 2 fully saturated rings. The van der Waals surface area contributed by atoms with Gasteiger partial charge in [-0.25, -0.2) is 0 Å². The largest absolute Gasteiger partial charge is 0.341 e. The van der Waals surface area contributed by atoms with Gasteiger partial charge in [-0.05, 0) is 44.6 Å². The molecule has 3 heteroatoms. The number of nitrogens with one attached hydrogen (secondary N) is 1. The first-order chi connectivity index (χ1) is 8.31. The molecule has 2 atom stereocenters. The lowest BCUT2D eigenvalue weighted by atomic mass is 9.92. The second-order valence-corrected chi connectivity index (χ2v) is 5.58. The van der Waals surface area contributed by atoms with Gasteiger partial charge in [-0.15, -0.1) is 0 Å². The normalized spacial score (nSPS) is 30.3. The van der Waals surface area contributed by atoms with Crippen molar-refractivity contribution in [2.24, 2.45) is 5.92 Å². The number of piperidine rings is 2. The fourth-order valence-electron chi connectivity index (χ4n) is 3.19. The molecule has 2 rings (SSSR count). The molecule has 0 spiro atoms. The lowest BCUT2D eigenvalue weighted by Crippen LogP contribution is -2.51. The third kappa shape index (κ3) is 3.44. The van der Waals surface area contributed by atoms with E-state index >= 15 is 0 Å². The topological polar surface area (TPSA) is 32.3 Å². The molecule has 0 aromatic rings. The van der Waals surface area contributed by atoms with Crippen LogP contribution in [0.2, 0.25) is 0 Å². The van der Waals surface area contributed by atoms with Crippen LogP contribution in [0.1, 0.15) is 51.9 Å². The van der Waals surface area contributed by atoms with E-state index in [0.29, 0.717) is 5.91 Å². The Morgan fingerprint density at radius 3 is 2.88 bits per heavy atom. The number of amides is 1. The van der Waals surface area contributed by atoms with Crippen LogP contribution in [0.5, 0.6) is 0 Å². The fourth-order valence-corrected chi connectivity index (χ4v) is 3.19. The summed E-state index contributed by atoms with van der Waals surface area (Å²) in [5.74, 6) is 1.12. The van der Waals surface area contributed by atoms with Crippen LogP contribution in [0.15, 0.2) is 0 Å². The summed E-state index contributed by atoms with van der Waals surface area (Å²) in [6.07, 6.45) is 8.50. The number of likely N-dealkylation sites (tertiary alicyclic amines) is 1. The van der Waals surface area contributed by atoms with Crippen LogP contribution in [0.4, 0.5) is 0 Å². The van der Waals surface area contributed by atoms with Crippen molar-refractivity contribution in [1.29, 1.82) is 0 Å². The number of carbonyl (C=O) groups excluding carboxylic acids is 1. The van der Waals surface area contributed by atoms with Gasteiger partial charge in [0.25, 0.3) is 0 Å². The molecule has 0 aromatic carbocycles. The van der Waals surface area contributed by atoms with E-state index in [-0.39, 0.29) is 6.04 Å². The zero-order valence-electron chi connectivity index (χ0n) is 11.1. The van der Waals surface area contributed by atoms with Gasteiger partial charge in [-0.2, -0.15) is 0 Å². The summed E-state index contributed by atoms with van der Waals surface area (Å²) in [5.41, 5.74) is 0. The highest BCUT2D eigenvalue weighted by molar-refractivity contribution is 5.82. The molecular weight excluding hydrogens is 212 g/mol. The van der Waals surface area contributed by atoms with E-state index < -0.39 is 0 Å². The van der Waals surface area contributed by atoms with Crippen molar-refractivity contribution in [1.82, 2.24) is 10.2 Å². The van der Waals surface area contributed by atoms with E-state index in [4.69, 9.17) is 0 Å². The molecule has 1 amide bonds. The monoisotopic (exact) mass is 238 g/mol. The molecule has 0 bridgehead atoms. The van der Waals surface area contributed by atoms with Crippen molar-refractivity contribution in [3.8, 4) is 0 Å². The van der Waals surface area contributed by atoms with Crippen molar-refractivity contribution in [2.45, 2.75) is 57.9 Å². The SMILES string of the molecule is CCCC1CCCN(C(=O)C2CCCCN2)C1. The predicted molar refractivity (Wildman–Crippen MR) is 69.9 cm³/mol. The summed E-state index contributed by atoms with van der Waals surface area (Å²) in [4.78, 5) is 14.5. The highest BCUT2D eigenvalue weighted by Gasteiger charge is 2.29. The summed E-state index contributed by atoms with van der Waals surface area (Å²) in [6.45, 7) is 5.24. The van der Waals surface area contributed by atoms with Crippen molar-refractivity contribution in [2.75, 3.05) is 19.6 Å². The Labute approximate surface area is 105 Å². The Morgan fingerprint density at radius 1 is 1.29 bits per heavy atom. The molecule has 3 nitrogen and oxygen atoms in total. The molecule has 2 aliphatic heterocycles. The Bertz CT molecular complexity index is 247. The van der Waals surface area contributed by atoms with E-state index in [0.717, 1.165) is 32.0 Å². The maximum Gasteiger partial charge on any atom is 0.239 e. The summed E-state index contributed by atoms with van der Waals surface area (Å²) >= 11 is 0. The van der Waals surface area contributed by atoms with Crippen molar-refractivity contribution < 1.29 is 4.79 Å². The van der Waals surface area contributed by atoms with Crippen molar-refractivity contribution in [3.05, 3.63) is 0 Å². The highest BCUT2D eigenvalue weighted by atomic mass is 16.2. The van der Waals surface area contributed by atoms with E-state index in [2.05, 4.69) is 17.1 Å². The maximum absolute atomic E-state index is 12.4. The molecule has 0 aromatic heterocycles. The zero-order valence-corrected chi connectivity index (χ0v) is 11.1. The molecule has 98 valence electrons. The Morgan fingerprint density at radius 2 is 2.18 bits per heavy atom. The van der Waals surface area contributed by atoms with Crippen molar-refractivity contribution in [3.63, 3.8) is 0 Å². The van der Waals surface area contributed by atoms with Crippen LogP contribution in [-0.4, -0.2) is 36.5 Å². The van der Waals surface area contributed by atoms with Gasteiger partial charge >= 0.3 is 0 Å². The minimum atomic E-state index is 0.115. The van der Waals surface area contributed by atoms with Crippen LogP contribution in [-0.2, 0) is 4.79 Å². The molecule has 2 saturated heterocycles. The van der Waals surface area contributed by atoms with Gasteiger partial charge in [0.15, 0.2) is 0 Å². The molecule has 17 heavy (non-hydrogen) atoms. The number of hydrogen-bond acceptors (Lipinski definition) is 2. The van der Waals surface area contributed by atoms with Gasteiger partial charge in [-0.3, -0.25) is 4.79 Å². The lowest BCUT2D eigenvalue weighted by Gasteiger charge is -2.36. The smallest absolute Gasteiger partial charge is 0.239 e. The molecule has 2 heterocycles. The van der Waals surface area contributed by atoms with Crippen LogP contribution in [0.3, 0.4) is 0 Å². The summed E-state index contributed by atoms with van der Waals surface area (Å²) in [6, 6.07) is 0.115. The predicted octanol–water partition coefficient (Wildman–Crippen LogP) is 2.17. The first-order valence-corrected chi connectivity index (χ1v) is 7.33. The minimum absolute atomic E-state index is 0.115. The van der Waals surface area contributed by atoms with E-state index in [9.17, 15) is 4.79 Å². The summed E-state index contributed by atoms with van der Waals surface area (Å²) in [5, 5.41) is 3.37. The van der Waals surface area contributed by atoms with Crippen molar-refractivity contribution >= 4 is 5.91 Å². The standard InChI is InChI=1S/C14H26N2O/c1-2-6-12-7-5-10-16(11-12)14(17)13-8-3-4-9-15-13/h12-13,15H,2-11H2,1H3. The number of rotatable bonds is 3. The van der Waals surface area contributed by atoms with Gasteiger partial charge in [0, 0.05) is 13.1 Å². The Kier molecular flexibility index (Phi) is 4.84. The van der Waals surface area contributed by atoms with Crippen LogP contribution < -0.4 is 5.32 Å². The number of hydrogen-bond donors (Lipinski definition) is 1. The Hall–Kier alpha value is -0.570. The average Bonchev–Trinajstić information content (AvgIpc) is 2.40. The lowest BCUT2D eigenvalue weighted by molar-refractivity contribution is -0.135. The molecule has 0 aliphatic carbocycles. The molecule has 2 aliphatic rings. The van der Waals surface area contributed by atoms with Gasteiger partial charge in [0.1, 0.15) is 0 Å². The molecule has 2 unspecified atom stereocenters. The van der Waals surface area contributed by atoms with E-state index in [1.807, 2.05) is 0 Å². The second-order valence-electron chi connectivity index (χ2n) is 5.58. The van der Waals surface area contributed by atoms with Crippen LogP contribution in [0.25, 0.3) is 0 Å². The minimum Gasteiger partial charge on any atom is -0.341 e. The first-order valence-electron chi connectivity index (χ1n) is 7.33. The fraction of sp³-hybridized carbons (Fsp3) is 0.929. The first kappa shape index (κ1) is 12.9. The number of nitrogens with zero attached hydrogens (tertiary/aromatic N) is 1. The number of carbonyl (C=O) groups is 1. The van der Waals surface area contributed by atoms with Gasteiger partial charge in [-0.1, -0.05) is 19.8 Å². The van der Waals surface area contributed by atoms with Gasteiger partial charge < -0.3 is 10.2 Å². The van der Waals surface area contributed by atoms with Crippen LogP contribution in [0, 0.1) is 5.92 Å². The molecular formula is C14H26N2O. The zero-order chi connectivity index (χ0) is 12.1. The third-order valence-corrected chi connectivity index (χ3v) is 4.14. The second kappa shape index (κ2) is 6.39. The van der Waals surface area contributed by atoms with Gasteiger partial charge in [0.05, 0.1) is 6.04 Å². The Balaban J connectivity index is 1.85. The maximum atomic E-state index is 12.4. The van der Waals surface area contributed by atoms with Gasteiger partial charge in [0.2, 0.25) is 5.91 Å². The van der Waals surface area contributed by atoms with Crippen LogP contribution >= 0.6 is 0 Å². The molecule has 0 saturated carbocycles. The summed E-state index contributed by atoms with van der Waals surface area (Å²) in [7, 11) is 0. The summed E-state index contributed by atoms with van der Waals surface area (Å²) < 4.78 is 0. The molecule has 1 N–H and O–H groups in total. The third-order valence-electron chi connectivity index (χ3n) is 4.14.